The summed E-state index contributed by atoms with van der Waals surface area (Å²) in [6.07, 6.45) is 1.16. The molecule has 31 heavy (non-hydrogen) atoms. The third kappa shape index (κ3) is 4.87. The smallest absolute Gasteiger partial charge is 0.260 e. The largest absolute Gasteiger partial charge is 0.484 e. The topological polar surface area (TPSA) is 49.9 Å². The van der Waals surface area contributed by atoms with E-state index in [4.69, 9.17) is 4.74 Å². The number of hydrogen-bond acceptors (Lipinski definition) is 4. The average Bonchev–Trinajstić information content (AvgIpc) is 2.82. The van der Waals surface area contributed by atoms with E-state index in [9.17, 15) is 14.0 Å². The highest BCUT2D eigenvalue weighted by Gasteiger charge is 2.31. The van der Waals surface area contributed by atoms with E-state index in [0.29, 0.717) is 18.7 Å². The first-order chi connectivity index (χ1) is 15.1. The molecule has 2 amide bonds. The molecule has 7 heteroatoms. The first kappa shape index (κ1) is 21.7. The van der Waals surface area contributed by atoms with Crippen LogP contribution < -0.4 is 4.74 Å². The van der Waals surface area contributed by atoms with Crippen LogP contribution in [0.1, 0.15) is 36.1 Å². The molecule has 1 saturated heterocycles. The van der Waals surface area contributed by atoms with Gasteiger partial charge in [0.25, 0.3) is 5.91 Å². The van der Waals surface area contributed by atoms with E-state index in [1.54, 1.807) is 12.1 Å². The molecule has 4 rings (SSSR count). The van der Waals surface area contributed by atoms with Gasteiger partial charge in [0.2, 0.25) is 5.91 Å². The van der Waals surface area contributed by atoms with Crippen molar-refractivity contribution >= 4 is 23.6 Å². The van der Waals surface area contributed by atoms with Crippen LogP contribution in [0, 0.1) is 5.82 Å². The zero-order chi connectivity index (χ0) is 21.8. The summed E-state index contributed by atoms with van der Waals surface area (Å²) in [7, 11) is 0. The molecule has 2 aliphatic heterocycles. The van der Waals surface area contributed by atoms with Crippen LogP contribution in [0.25, 0.3) is 0 Å². The highest BCUT2D eigenvalue weighted by Crippen LogP contribution is 2.37. The first-order valence-corrected chi connectivity index (χ1v) is 11.9. The summed E-state index contributed by atoms with van der Waals surface area (Å²) >= 11 is 1.86. The maximum atomic E-state index is 13.5. The molecule has 164 valence electrons. The minimum absolute atomic E-state index is 0.00226. The van der Waals surface area contributed by atoms with Crippen molar-refractivity contribution < 1.29 is 18.7 Å². The summed E-state index contributed by atoms with van der Waals surface area (Å²) in [5.41, 5.74) is 2.98. The lowest BCUT2D eigenvalue weighted by Gasteiger charge is -2.38. The molecule has 2 aromatic rings. The maximum absolute atomic E-state index is 13.5. The molecule has 0 aliphatic carbocycles. The number of benzene rings is 2. The highest BCUT2D eigenvalue weighted by molar-refractivity contribution is 7.99. The molecule has 0 radical (unpaired) electrons. The summed E-state index contributed by atoms with van der Waals surface area (Å²) in [6.45, 7) is 4.00. The van der Waals surface area contributed by atoms with E-state index in [-0.39, 0.29) is 30.3 Å². The summed E-state index contributed by atoms with van der Waals surface area (Å²) in [5, 5.41) is 0. The second kappa shape index (κ2) is 9.73. The van der Waals surface area contributed by atoms with Gasteiger partial charge >= 0.3 is 0 Å². The van der Waals surface area contributed by atoms with Crippen molar-refractivity contribution in [3.05, 3.63) is 65.0 Å². The molecule has 0 bridgehead atoms. The molecular weight excluding hydrogens is 415 g/mol. The first-order valence-electron chi connectivity index (χ1n) is 10.7. The number of ether oxygens (including phenoxy) is 1. The van der Waals surface area contributed by atoms with Crippen molar-refractivity contribution in [3.63, 3.8) is 0 Å². The summed E-state index contributed by atoms with van der Waals surface area (Å²) < 4.78 is 19.4. The fourth-order valence-corrected chi connectivity index (χ4v) is 5.11. The van der Waals surface area contributed by atoms with Gasteiger partial charge in [-0.15, -0.1) is 0 Å². The van der Waals surface area contributed by atoms with Crippen molar-refractivity contribution in [1.29, 1.82) is 0 Å². The van der Waals surface area contributed by atoms with Crippen LogP contribution in [0.15, 0.2) is 42.5 Å². The molecule has 2 aromatic carbocycles. The third-order valence-corrected chi connectivity index (χ3v) is 6.82. The van der Waals surface area contributed by atoms with Gasteiger partial charge in [0.05, 0.1) is 6.04 Å². The van der Waals surface area contributed by atoms with Gasteiger partial charge < -0.3 is 14.5 Å². The van der Waals surface area contributed by atoms with Gasteiger partial charge in [0, 0.05) is 37.6 Å². The van der Waals surface area contributed by atoms with E-state index in [1.807, 2.05) is 46.7 Å². The Morgan fingerprint density at radius 2 is 1.81 bits per heavy atom. The zero-order valence-electron chi connectivity index (χ0n) is 17.7. The van der Waals surface area contributed by atoms with Crippen molar-refractivity contribution in [2.24, 2.45) is 0 Å². The number of hydrogen-bond donors (Lipinski definition) is 0. The van der Waals surface area contributed by atoms with Crippen LogP contribution in [-0.2, 0) is 16.0 Å². The quantitative estimate of drug-likeness (QED) is 0.709. The Balaban J connectivity index is 1.59. The van der Waals surface area contributed by atoms with Crippen LogP contribution >= 0.6 is 11.8 Å². The Hall–Kier alpha value is -2.54. The number of carbonyl (C=O) groups is 2. The van der Waals surface area contributed by atoms with Gasteiger partial charge in [0.15, 0.2) is 6.61 Å². The number of amides is 2. The predicted molar refractivity (Wildman–Crippen MR) is 120 cm³/mol. The fourth-order valence-electron chi connectivity index (χ4n) is 4.21. The molecule has 1 fully saturated rings. The van der Waals surface area contributed by atoms with Crippen molar-refractivity contribution in [2.45, 2.75) is 25.8 Å². The molecule has 2 aliphatic rings. The van der Waals surface area contributed by atoms with E-state index in [1.165, 1.54) is 12.1 Å². The van der Waals surface area contributed by atoms with Gasteiger partial charge in [-0.1, -0.05) is 25.1 Å². The highest BCUT2D eigenvalue weighted by atomic mass is 32.2. The average molecular weight is 443 g/mol. The normalized spacial score (nSPS) is 18.5. The Labute approximate surface area is 186 Å². The number of halogens is 1. The van der Waals surface area contributed by atoms with E-state index in [0.717, 1.165) is 47.7 Å². The van der Waals surface area contributed by atoms with Gasteiger partial charge in [-0.05, 0) is 47.4 Å². The second-order valence-electron chi connectivity index (χ2n) is 7.79. The van der Waals surface area contributed by atoms with E-state index >= 15 is 0 Å². The Bertz CT molecular complexity index is 944. The zero-order valence-corrected chi connectivity index (χ0v) is 18.5. The molecule has 0 aromatic heterocycles. The number of fused-ring (bicyclic) bond motifs is 1. The lowest BCUT2D eigenvalue weighted by Crippen LogP contribution is -2.41. The summed E-state index contributed by atoms with van der Waals surface area (Å²) in [4.78, 5) is 28.8. The van der Waals surface area contributed by atoms with Gasteiger partial charge in [0.1, 0.15) is 11.6 Å². The summed E-state index contributed by atoms with van der Waals surface area (Å²) in [5.74, 6) is 2.28. The van der Waals surface area contributed by atoms with Crippen molar-refractivity contribution in [2.75, 3.05) is 37.7 Å². The molecule has 2 heterocycles. The Morgan fingerprint density at radius 1 is 1.06 bits per heavy atom. The molecule has 5 nitrogen and oxygen atoms in total. The van der Waals surface area contributed by atoms with E-state index in [2.05, 4.69) is 0 Å². The number of rotatable bonds is 5. The molecular formula is C24H27FN2O3S. The molecule has 0 N–H and O–H groups in total. The monoisotopic (exact) mass is 442 g/mol. The SMILES string of the molecule is CCC(=O)N1CCc2ccc(OCC(=O)N3CCSCC3)cc2C1c1ccc(F)cc1. The third-order valence-electron chi connectivity index (χ3n) is 5.88. The molecule has 1 atom stereocenters. The minimum Gasteiger partial charge on any atom is -0.484 e. The molecule has 0 saturated carbocycles. The van der Waals surface area contributed by atoms with Crippen LogP contribution in [0.5, 0.6) is 5.75 Å². The van der Waals surface area contributed by atoms with E-state index < -0.39 is 0 Å². The minimum atomic E-state index is -0.306. The maximum Gasteiger partial charge on any atom is 0.260 e. The Morgan fingerprint density at radius 3 is 2.52 bits per heavy atom. The fraction of sp³-hybridized carbons (Fsp3) is 0.417. The lowest BCUT2D eigenvalue weighted by molar-refractivity contribution is -0.133. The van der Waals surface area contributed by atoms with Gasteiger partial charge in [-0.2, -0.15) is 11.8 Å². The summed E-state index contributed by atoms with van der Waals surface area (Å²) in [6, 6.07) is 11.8. The van der Waals surface area contributed by atoms with Crippen molar-refractivity contribution in [3.8, 4) is 5.75 Å². The Kier molecular flexibility index (Phi) is 6.80. The molecule has 0 spiro atoms. The van der Waals surface area contributed by atoms with Crippen LogP contribution in [0.2, 0.25) is 0 Å². The number of thioether (sulfide) groups is 1. The lowest BCUT2D eigenvalue weighted by atomic mass is 9.87. The molecule has 1 unspecified atom stereocenters. The standard InChI is InChI=1S/C24H27FN2O3S/c1-2-22(28)27-10-9-17-5-8-20(30-16-23(29)26-11-13-31-14-12-26)15-21(17)24(27)18-3-6-19(25)7-4-18/h3-8,15,24H,2,9-14,16H2,1H3. The van der Waals surface area contributed by atoms with Crippen LogP contribution in [0.4, 0.5) is 4.39 Å². The van der Waals surface area contributed by atoms with Crippen molar-refractivity contribution in [1.82, 2.24) is 9.80 Å². The van der Waals surface area contributed by atoms with Gasteiger partial charge in [-0.3, -0.25) is 9.59 Å². The number of nitrogens with zero attached hydrogens (tertiary/aromatic N) is 2. The second-order valence-corrected chi connectivity index (χ2v) is 9.01. The number of carbonyl (C=O) groups excluding carboxylic acids is 2. The predicted octanol–water partition coefficient (Wildman–Crippen LogP) is 3.66. The van der Waals surface area contributed by atoms with Crippen LogP contribution in [-0.4, -0.2) is 59.4 Å². The van der Waals surface area contributed by atoms with Crippen LogP contribution in [0.3, 0.4) is 0 Å². The van der Waals surface area contributed by atoms with Gasteiger partial charge in [-0.25, -0.2) is 4.39 Å².